The molecule has 0 spiro atoms. The third-order valence-corrected chi connectivity index (χ3v) is 3.03. The quantitative estimate of drug-likeness (QED) is 0.311. The van der Waals surface area contributed by atoms with E-state index >= 15 is 0 Å². The lowest BCUT2D eigenvalue weighted by atomic mass is 10.1. The molecular weight excluding hydrogens is 406 g/mol. The first-order valence-corrected chi connectivity index (χ1v) is 7.80. The molecule has 23 heavy (non-hydrogen) atoms. The molecule has 2 N–H and O–H groups in total. The van der Waals surface area contributed by atoms with Gasteiger partial charge >= 0.3 is 0 Å². The zero-order valence-corrected chi connectivity index (χ0v) is 17.1. The van der Waals surface area contributed by atoms with E-state index in [0.717, 1.165) is 24.6 Å². The number of halogens is 2. The van der Waals surface area contributed by atoms with E-state index in [2.05, 4.69) is 36.4 Å². The van der Waals surface area contributed by atoms with Crippen LogP contribution in [0.25, 0.3) is 0 Å². The predicted molar refractivity (Wildman–Crippen MR) is 107 cm³/mol. The summed E-state index contributed by atoms with van der Waals surface area (Å²) in [5.41, 5.74) is 1.03. The number of nitrogens with zero attached hydrogens (tertiary/aromatic N) is 2. The standard InChI is InChI=1S/C17H29FN4.HI/c1-6-19-16(20-10-11-21-17(2,3)4)22(5)13-14-8-7-9-15(18)12-14;/h7-9,12,21H,6,10-11,13H2,1-5H3,(H,19,20);1H. The van der Waals surface area contributed by atoms with Gasteiger partial charge in [-0.1, -0.05) is 12.1 Å². The third-order valence-electron chi connectivity index (χ3n) is 3.03. The highest BCUT2D eigenvalue weighted by molar-refractivity contribution is 14.0. The highest BCUT2D eigenvalue weighted by Gasteiger charge is 2.09. The van der Waals surface area contributed by atoms with Crippen molar-refractivity contribution in [3.8, 4) is 0 Å². The van der Waals surface area contributed by atoms with Crippen molar-refractivity contribution in [3.05, 3.63) is 35.6 Å². The van der Waals surface area contributed by atoms with Gasteiger partial charge in [0.05, 0.1) is 6.54 Å². The molecule has 0 unspecified atom stereocenters. The van der Waals surface area contributed by atoms with Crippen molar-refractivity contribution >= 4 is 29.9 Å². The van der Waals surface area contributed by atoms with Crippen LogP contribution >= 0.6 is 24.0 Å². The summed E-state index contributed by atoms with van der Waals surface area (Å²) in [5, 5.41) is 6.68. The van der Waals surface area contributed by atoms with Gasteiger partial charge in [-0.05, 0) is 45.4 Å². The van der Waals surface area contributed by atoms with E-state index in [-0.39, 0.29) is 35.3 Å². The Morgan fingerprint density at radius 1 is 1.30 bits per heavy atom. The fourth-order valence-electron chi connectivity index (χ4n) is 2.05. The number of hydrogen-bond acceptors (Lipinski definition) is 2. The van der Waals surface area contributed by atoms with E-state index in [1.54, 1.807) is 12.1 Å². The number of aliphatic imine (C=N–C) groups is 1. The van der Waals surface area contributed by atoms with Gasteiger partial charge in [-0.15, -0.1) is 24.0 Å². The zero-order chi connectivity index (χ0) is 16.6. The number of rotatable bonds is 6. The lowest BCUT2D eigenvalue weighted by molar-refractivity contribution is 0.430. The second-order valence-corrected chi connectivity index (χ2v) is 6.40. The zero-order valence-electron chi connectivity index (χ0n) is 14.8. The van der Waals surface area contributed by atoms with Crippen molar-refractivity contribution in [3.63, 3.8) is 0 Å². The van der Waals surface area contributed by atoms with Gasteiger partial charge in [-0.3, -0.25) is 4.99 Å². The SMILES string of the molecule is CCNC(=NCCNC(C)(C)C)N(C)Cc1cccc(F)c1.I. The first-order chi connectivity index (χ1) is 10.3. The summed E-state index contributed by atoms with van der Waals surface area (Å²) in [6.07, 6.45) is 0. The Bertz CT molecular complexity index is 486. The molecule has 1 aromatic rings. The molecule has 1 aromatic carbocycles. The molecule has 0 amide bonds. The van der Waals surface area contributed by atoms with E-state index in [0.29, 0.717) is 13.1 Å². The highest BCUT2D eigenvalue weighted by Crippen LogP contribution is 2.06. The van der Waals surface area contributed by atoms with Crippen molar-refractivity contribution < 1.29 is 4.39 Å². The van der Waals surface area contributed by atoms with Crippen LogP contribution < -0.4 is 10.6 Å². The molecule has 4 nitrogen and oxygen atoms in total. The monoisotopic (exact) mass is 436 g/mol. The van der Waals surface area contributed by atoms with Crippen molar-refractivity contribution in [1.82, 2.24) is 15.5 Å². The van der Waals surface area contributed by atoms with Crippen LogP contribution in [0.4, 0.5) is 4.39 Å². The Hall–Kier alpha value is -0.890. The Morgan fingerprint density at radius 2 is 2.00 bits per heavy atom. The topological polar surface area (TPSA) is 39.7 Å². The smallest absolute Gasteiger partial charge is 0.194 e. The van der Waals surface area contributed by atoms with E-state index in [1.165, 1.54) is 6.07 Å². The molecule has 1 rings (SSSR count). The predicted octanol–water partition coefficient (Wildman–Crippen LogP) is 3.23. The molecule has 0 heterocycles. The van der Waals surface area contributed by atoms with Gasteiger partial charge in [-0.2, -0.15) is 0 Å². The van der Waals surface area contributed by atoms with Crippen LogP contribution in [0.1, 0.15) is 33.3 Å². The molecule has 0 aliphatic heterocycles. The van der Waals surface area contributed by atoms with Crippen LogP contribution in [0.2, 0.25) is 0 Å². The van der Waals surface area contributed by atoms with Gasteiger partial charge in [0.1, 0.15) is 5.82 Å². The Labute approximate surface area is 157 Å². The minimum absolute atomic E-state index is 0. The molecule has 0 aromatic heterocycles. The van der Waals surface area contributed by atoms with Crippen molar-refractivity contribution in [2.45, 2.75) is 39.8 Å². The molecule has 6 heteroatoms. The van der Waals surface area contributed by atoms with Gasteiger partial charge < -0.3 is 15.5 Å². The Morgan fingerprint density at radius 3 is 2.57 bits per heavy atom. The number of guanidine groups is 1. The fourth-order valence-corrected chi connectivity index (χ4v) is 2.05. The fraction of sp³-hybridized carbons (Fsp3) is 0.588. The summed E-state index contributed by atoms with van der Waals surface area (Å²) < 4.78 is 13.3. The maximum Gasteiger partial charge on any atom is 0.194 e. The lowest BCUT2D eigenvalue weighted by Gasteiger charge is -2.23. The van der Waals surface area contributed by atoms with Gasteiger partial charge in [0.2, 0.25) is 0 Å². The highest BCUT2D eigenvalue weighted by atomic mass is 127. The average molecular weight is 436 g/mol. The molecular formula is C17H30FIN4. The minimum Gasteiger partial charge on any atom is -0.357 e. The van der Waals surface area contributed by atoms with Gasteiger partial charge in [-0.25, -0.2) is 4.39 Å². The second-order valence-electron chi connectivity index (χ2n) is 6.40. The molecule has 0 saturated heterocycles. The summed E-state index contributed by atoms with van der Waals surface area (Å²) in [6.45, 7) is 11.4. The first-order valence-electron chi connectivity index (χ1n) is 7.80. The minimum atomic E-state index is -0.206. The maximum atomic E-state index is 13.3. The lowest BCUT2D eigenvalue weighted by Crippen LogP contribution is -2.40. The summed E-state index contributed by atoms with van der Waals surface area (Å²) in [6, 6.07) is 6.67. The van der Waals surface area contributed by atoms with Gasteiger partial charge in [0.25, 0.3) is 0 Å². The van der Waals surface area contributed by atoms with Crippen molar-refractivity contribution in [1.29, 1.82) is 0 Å². The van der Waals surface area contributed by atoms with E-state index in [9.17, 15) is 4.39 Å². The van der Waals surface area contributed by atoms with Crippen LogP contribution in [0.3, 0.4) is 0 Å². The molecule has 0 fully saturated rings. The normalized spacial score (nSPS) is 11.8. The van der Waals surface area contributed by atoms with Gasteiger partial charge in [0.15, 0.2) is 5.96 Å². The van der Waals surface area contributed by atoms with Crippen LogP contribution in [0.15, 0.2) is 29.3 Å². The molecule has 0 atom stereocenters. The van der Waals surface area contributed by atoms with E-state index in [1.807, 2.05) is 24.9 Å². The van der Waals surface area contributed by atoms with Crippen molar-refractivity contribution in [2.75, 3.05) is 26.7 Å². The summed E-state index contributed by atoms with van der Waals surface area (Å²) in [4.78, 5) is 6.62. The maximum absolute atomic E-state index is 13.3. The molecule has 0 radical (unpaired) electrons. The van der Waals surface area contributed by atoms with E-state index < -0.39 is 0 Å². The van der Waals surface area contributed by atoms with Crippen LogP contribution in [0.5, 0.6) is 0 Å². The van der Waals surface area contributed by atoms with E-state index in [4.69, 9.17) is 0 Å². The average Bonchev–Trinajstić information content (AvgIpc) is 2.41. The second kappa shape index (κ2) is 10.8. The largest absolute Gasteiger partial charge is 0.357 e. The summed E-state index contributed by atoms with van der Waals surface area (Å²) in [7, 11) is 1.96. The van der Waals surface area contributed by atoms with Crippen molar-refractivity contribution in [2.24, 2.45) is 4.99 Å². The Balaban J connectivity index is 0.00000484. The first kappa shape index (κ1) is 22.1. The molecule has 0 aliphatic rings. The summed E-state index contributed by atoms with van der Waals surface area (Å²) >= 11 is 0. The summed E-state index contributed by atoms with van der Waals surface area (Å²) in [5.74, 6) is 0.629. The van der Waals surface area contributed by atoms with Crippen LogP contribution in [-0.2, 0) is 6.54 Å². The molecule has 132 valence electrons. The Kier molecular flexibility index (Phi) is 10.4. The van der Waals surface area contributed by atoms with Crippen LogP contribution in [0, 0.1) is 5.82 Å². The third kappa shape index (κ3) is 9.76. The number of nitrogens with one attached hydrogen (secondary N) is 2. The number of hydrogen-bond donors (Lipinski definition) is 2. The molecule has 0 bridgehead atoms. The van der Waals surface area contributed by atoms with Gasteiger partial charge in [0, 0.05) is 32.2 Å². The van der Waals surface area contributed by atoms with Crippen LogP contribution in [-0.4, -0.2) is 43.1 Å². The molecule has 0 saturated carbocycles. The molecule has 0 aliphatic carbocycles. The number of benzene rings is 1.